The minimum atomic E-state index is -1.73. The molecule has 1 atom stereocenters. The molecule has 3 aromatic carbocycles. The average Bonchev–Trinajstić information content (AvgIpc) is 3.46. The topological polar surface area (TPSA) is 122 Å². The van der Waals surface area contributed by atoms with Gasteiger partial charge in [0.15, 0.2) is 5.54 Å². The number of amides is 3. The van der Waals surface area contributed by atoms with Crippen molar-refractivity contribution in [1.29, 1.82) is 0 Å². The maximum absolute atomic E-state index is 13.9. The first kappa shape index (κ1) is 40.6. The van der Waals surface area contributed by atoms with Gasteiger partial charge in [-0.15, -0.1) is 0 Å². The number of anilines is 1. The number of hydroxylamine groups is 2. The van der Waals surface area contributed by atoms with Gasteiger partial charge in [0.2, 0.25) is 18.7 Å². The van der Waals surface area contributed by atoms with Crippen molar-refractivity contribution in [3.63, 3.8) is 0 Å². The first-order valence-electron chi connectivity index (χ1n) is 18.1. The van der Waals surface area contributed by atoms with Crippen molar-refractivity contribution < 1.29 is 33.9 Å². The Morgan fingerprint density at radius 3 is 2.02 bits per heavy atom. The van der Waals surface area contributed by atoms with Crippen LogP contribution in [-0.4, -0.2) is 75.6 Å². The van der Waals surface area contributed by atoms with Gasteiger partial charge >= 0.3 is 5.97 Å². The third-order valence-corrected chi connectivity index (χ3v) is 9.43. The number of fused-ring (bicyclic) bond motifs is 1. The fourth-order valence-corrected chi connectivity index (χ4v) is 6.60. The SMILES string of the molecule is CN(CCc1ccccc1)C(=O)Cn1c(N(C=O)C(CCCCN(C=O)OC(C)(C)C)(C(=O)O)C(C)(C)C)cc2cc(OCc3ccccc3)ccc21. The molecule has 4 aromatic rings. The molecule has 11 heteroatoms. The molecule has 0 aliphatic rings. The van der Waals surface area contributed by atoms with Crippen molar-refractivity contribution in [3.8, 4) is 5.75 Å². The summed E-state index contributed by atoms with van der Waals surface area (Å²) >= 11 is 0. The monoisotopic (exact) mass is 726 g/mol. The summed E-state index contributed by atoms with van der Waals surface area (Å²) < 4.78 is 7.84. The fourth-order valence-electron chi connectivity index (χ4n) is 6.60. The summed E-state index contributed by atoms with van der Waals surface area (Å²) in [6.45, 7) is 11.8. The second-order valence-corrected chi connectivity index (χ2v) is 15.4. The van der Waals surface area contributed by atoms with E-state index in [1.54, 1.807) is 43.4 Å². The van der Waals surface area contributed by atoms with E-state index in [1.165, 1.54) is 9.96 Å². The Labute approximate surface area is 313 Å². The van der Waals surface area contributed by atoms with Gasteiger partial charge in [0, 0.05) is 25.5 Å². The molecule has 4 rings (SSSR count). The second-order valence-electron chi connectivity index (χ2n) is 15.4. The molecule has 0 radical (unpaired) electrons. The Morgan fingerprint density at radius 2 is 1.45 bits per heavy atom. The highest BCUT2D eigenvalue weighted by atomic mass is 16.7. The zero-order chi connectivity index (χ0) is 38.8. The number of carbonyl (C=O) groups excluding carboxylic acids is 3. The van der Waals surface area contributed by atoms with E-state index in [1.807, 2.05) is 99.6 Å². The van der Waals surface area contributed by atoms with E-state index < -0.39 is 22.5 Å². The third kappa shape index (κ3) is 10.3. The van der Waals surface area contributed by atoms with Crippen LogP contribution in [0.3, 0.4) is 0 Å². The zero-order valence-corrected chi connectivity index (χ0v) is 32.1. The number of hydrogen-bond acceptors (Lipinski definition) is 6. The molecule has 11 nitrogen and oxygen atoms in total. The number of carboxylic acid groups (broad SMARTS) is 1. The number of benzene rings is 3. The minimum absolute atomic E-state index is 0.0741. The van der Waals surface area contributed by atoms with E-state index in [2.05, 4.69) is 0 Å². The number of rotatable bonds is 19. The molecule has 0 saturated heterocycles. The van der Waals surface area contributed by atoms with Gasteiger partial charge in [-0.3, -0.25) is 24.1 Å². The lowest BCUT2D eigenvalue weighted by Crippen LogP contribution is -2.63. The zero-order valence-electron chi connectivity index (χ0n) is 32.1. The first-order chi connectivity index (χ1) is 25.1. The van der Waals surface area contributed by atoms with Crippen molar-refractivity contribution >= 4 is 41.4 Å². The lowest BCUT2D eigenvalue weighted by atomic mass is 9.69. The number of ether oxygens (including phenoxy) is 1. The van der Waals surface area contributed by atoms with Crippen LogP contribution in [0.4, 0.5) is 5.82 Å². The van der Waals surface area contributed by atoms with Gasteiger partial charge in [0.05, 0.1) is 11.1 Å². The van der Waals surface area contributed by atoms with Crippen LogP contribution >= 0.6 is 0 Å². The van der Waals surface area contributed by atoms with E-state index in [9.17, 15) is 24.3 Å². The normalized spacial score (nSPS) is 12.9. The molecule has 0 aliphatic carbocycles. The van der Waals surface area contributed by atoms with E-state index in [0.29, 0.717) is 61.9 Å². The van der Waals surface area contributed by atoms with Crippen molar-refractivity contribution in [2.24, 2.45) is 5.41 Å². The summed E-state index contributed by atoms with van der Waals surface area (Å²) in [5.41, 5.74) is -0.525. The van der Waals surface area contributed by atoms with Crippen molar-refractivity contribution in [2.75, 3.05) is 25.0 Å². The van der Waals surface area contributed by atoms with Gasteiger partial charge in [0.25, 0.3) is 0 Å². The van der Waals surface area contributed by atoms with Crippen LogP contribution in [0.2, 0.25) is 0 Å². The highest BCUT2D eigenvalue weighted by molar-refractivity contribution is 5.97. The van der Waals surface area contributed by atoms with Gasteiger partial charge < -0.3 is 19.3 Å². The predicted octanol–water partition coefficient (Wildman–Crippen LogP) is 7.11. The van der Waals surface area contributed by atoms with Crippen LogP contribution in [-0.2, 0) is 43.6 Å². The highest BCUT2D eigenvalue weighted by Gasteiger charge is 2.54. The molecular formula is C42H54N4O7. The van der Waals surface area contributed by atoms with Crippen molar-refractivity contribution in [2.45, 2.75) is 91.5 Å². The Hall–Kier alpha value is -5.16. The minimum Gasteiger partial charge on any atom is -0.489 e. The van der Waals surface area contributed by atoms with E-state index >= 15 is 0 Å². The molecule has 0 fully saturated rings. The molecular weight excluding hydrogens is 672 g/mol. The Kier molecular flexibility index (Phi) is 13.5. The number of nitrogens with zero attached hydrogens (tertiary/aromatic N) is 4. The van der Waals surface area contributed by atoms with Gasteiger partial charge in [-0.05, 0) is 87.3 Å². The molecule has 1 aromatic heterocycles. The predicted molar refractivity (Wildman–Crippen MR) is 206 cm³/mol. The average molecular weight is 727 g/mol. The maximum atomic E-state index is 13.9. The quantitative estimate of drug-likeness (QED) is 0.0621. The summed E-state index contributed by atoms with van der Waals surface area (Å²) in [6.07, 6.45) is 2.71. The smallest absolute Gasteiger partial charge is 0.330 e. The van der Waals surface area contributed by atoms with E-state index in [-0.39, 0.29) is 31.2 Å². The number of unbranched alkanes of at least 4 members (excludes halogenated alkanes) is 1. The molecule has 0 bridgehead atoms. The Balaban J connectivity index is 1.72. The maximum Gasteiger partial charge on any atom is 0.330 e. The highest BCUT2D eigenvalue weighted by Crippen LogP contribution is 2.44. The molecule has 1 heterocycles. The van der Waals surface area contributed by atoms with Crippen molar-refractivity contribution in [3.05, 3.63) is 96.1 Å². The van der Waals surface area contributed by atoms with E-state index in [0.717, 1.165) is 11.1 Å². The lowest BCUT2D eigenvalue weighted by molar-refractivity contribution is -0.216. The summed E-state index contributed by atoms with van der Waals surface area (Å²) in [5.74, 6) is -0.501. The number of likely N-dealkylation sites (N-methyl/N-ethyl adjacent to an activating group) is 1. The Bertz CT molecular complexity index is 1830. The van der Waals surface area contributed by atoms with Gasteiger partial charge in [-0.1, -0.05) is 81.4 Å². The first-order valence-corrected chi connectivity index (χ1v) is 18.1. The summed E-state index contributed by atoms with van der Waals surface area (Å²) in [4.78, 5) is 61.1. The Morgan fingerprint density at radius 1 is 0.811 bits per heavy atom. The van der Waals surface area contributed by atoms with E-state index in [4.69, 9.17) is 9.57 Å². The van der Waals surface area contributed by atoms with Crippen molar-refractivity contribution in [1.82, 2.24) is 14.5 Å². The number of aliphatic carboxylic acids is 1. The molecule has 53 heavy (non-hydrogen) atoms. The van der Waals surface area contributed by atoms with Crippen LogP contribution in [0.15, 0.2) is 84.9 Å². The molecule has 1 N–H and O–H groups in total. The third-order valence-electron chi connectivity index (χ3n) is 9.43. The molecule has 0 aliphatic heterocycles. The van der Waals surface area contributed by atoms with Gasteiger partial charge in [-0.25, -0.2) is 9.86 Å². The van der Waals surface area contributed by atoms with Crippen LogP contribution in [0.25, 0.3) is 10.9 Å². The standard InChI is InChI=1S/C42H54N4O7/c1-40(2,3)42(39(50)51,23-14-15-24-44(30-47)53-41(4,5)6)46(31-48)37-27-34-26-35(52-29-33-18-12-9-13-19-33)20-21-36(34)45(37)28-38(49)43(7)25-22-32-16-10-8-11-17-32/h8-13,16-21,26-27,30-31H,14-15,22-25,28-29H2,1-7H3,(H,50,51). The molecule has 284 valence electrons. The molecule has 1 unspecified atom stereocenters. The number of carboxylic acids is 1. The van der Waals surface area contributed by atoms with Crippen LogP contribution in [0.1, 0.15) is 71.9 Å². The number of carbonyl (C=O) groups is 4. The lowest BCUT2D eigenvalue weighted by Gasteiger charge is -2.47. The van der Waals surface area contributed by atoms with Crippen LogP contribution < -0.4 is 9.64 Å². The van der Waals surface area contributed by atoms with Gasteiger partial charge in [0.1, 0.15) is 24.7 Å². The molecule has 3 amide bonds. The molecule has 0 saturated carbocycles. The summed E-state index contributed by atoms with van der Waals surface area (Å²) in [5, 5.41) is 13.0. The number of aromatic nitrogens is 1. The van der Waals surface area contributed by atoms with Crippen LogP contribution in [0.5, 0.6) is 5.75 Å². The molecule has 0 spiro atoms. The summed E-state index contributed by atoms with van der Waals surface area (Å²) in [6, 6.07) is 26.9. The number of hydrogen-bond donors (Lipinski definition) is 1. The second kappa shape index (κ2) is 17.6. The van der Waals surface area contributed by atoms with Crippen LogP contribution in [0, 0.1) is 5.41 Å². The fraction of sp³-hybridized carbons (Fsp3) is 0.429. The summed E-state index contributed by atoms with van der Waals surface area (Å²) in [7, 11) is 1.74. The largest absolute Gasteiger partial charge is 0.489 e. The van der Waals surface area contributed by atoms with Gasteiger partial charge in [-0.2, -0.15) is 0 Å².